The van der Waals surface area contributed by atoms with Gasteiger partial charge in [-0.3, -0.25) is 4.79 Å². The number of alkyl halides is 1. The van der Waals surface area contributed by atoms with E-state index in [1.54, 1.807) is 0 Å². The van der Waals surface area contributed by atoms with Crippen LogP contribution in [0, 0.1) is 0 Å². The number of carbonyl (C=O) groups excluding carboxylic acids is 1. The second-order valence-electron chi connectivity index (χ2n) is 5.76. The number of hydrogen-bond acceptors (Lipinski definition) is 1. The van der Waals surface area contributed by atoms with Crippen LogP contribution in [0.15, 0.2) is 18.2 Å². The van der Waals surface area contributed by atoms with E-state index in [1.807, 2.05) is 11.9 Å². The monoisotopic (exact) mass is 321 g/mol. The molecule has 1 amide bonds. The van der Waals surface area contributed by atoms with Crippen LogP contribution in [0.2, 0.25) is 0 Å². The highest BCUT2D eigenvalue weighted by molar-refractivity contribution is 9.09. The molecule has 3 heteroatoms. The molecular weight excluding hydrogens is 302 g/mol. The summed E-state index contributed by atoms with van der Waals surface area (Å²) in [6, 6.07) is 6.41. The highest BCUT2D eigenvalue weighted by Crippen LogP contribution is 2.51. The molecule has 1 atom stereocenters. The first-order valence-electron chi connectivity index (χ1n) is 7.17. The minimum Gasteiger partial charge on any atom is -0.314 e. The predicted molar refractivity (Wildman–Crippen MR) is 82.1 cm³/mol. The lowest BCUT2D eigenvalue weighted by Gasteiger charge is -2.33. The van der Waals surface area contributed by atoms with Gasteiger partial charge in [0, 0.05) is 18.1 Å². The van der Waals surface area contributed by atoms with E-state index in [2.05, 4.69) is 34.1 Å². The third-order valence-corrected chi connectivity index (χ3v) is 5.28. The number of likely N-dealkylation sites (N-methyl/N-ethyl adjacent to an activating group) is 1. The van der Waals surface area contributed by atoms with E-state index in [9.17, 15) is 4.79 Å². The Labute approximate surface area is 123 Å². The minimum absolute atomic E-state index is 0.207. The van der Waals surface area contributed by atoms with Gasteiger partial charge in [-0.2, -0.15) is 0 Å². The number of rotatable bonds is 4. The van der Waals surface area contributed by atoms with Gasteiger partial charge in [0.15, 0.2) is 0 Å². The Bertz CT molecular complexity index is 513. The van der Waals surface area contributed by atoms with Crippen LogP contribution in [0.3, 0.4) is 0 Å². The fourth-order valence-corrected chi connectivity index (χ4v) is 4.25. The summed E-state index contributed by atoms with van der Waals surface area (Å²) in [5.41, 5.74) is 3.70. The molecule has 2 nitrogen and oxygen atoms in total. The molecule has 2 aliphatic rings. The maximum Gasteiger partial charge on any atom is 0.237 e. The molecule has 0 spiro atoms. The molecule has 3 rings (SSSR count). The summed E-state index contributed by atoms with van der Waals surface area (Å²) in [5.74, 6) is 0.323. The maximum absolute atomic E-state index is 12.8. The van der Waals surface area contributed by atoms with E-state index in [0.29, 0.717) is 5.91 Å². The van der Waals surface area contributed by atoms with Gasteiger partial charge in [-0.25, -0.2) is 0 Å². The molecule has 0 radical (unpaired) electrons. The molecule has 0 bridgehead atoms. The molecule has 1 unspecified atom stereocenters. The SMILES string of the molecule is CN1C(=O)C2(CCCCBr)CCCc3cccc1c32. The third-order valence-electron chi connectivity index (χ3n) is 4.72. The van der Waals surface area contributed by atoms with Crippen molar-refractivity contribution in [3.05, 3.63) is 29.3 Å². The van der Waals surface area contributed by atoms with Crippen molar-refractivity contribution in [3.63, 3.8) is 0 Å². The molecule has 1 heterocycles. The van der Waals surface area contributed by atoms with Gasteiger partial charge in [-0.05, 0) is 49.3 Å². The summed E-state index contributed by atoms with van der Waals surface area (Å²) in [6.07, 6.45) is 6.58. The topological polar surface area (TPSA) is 20.3 Å². The Kier molecular flexibility index (Phi) is 3.42. The zero-order chi connectivity index (χ0) is 13.5. The van der Waals surface area contributed by atoms with Gasteiger partial charge in [-0.15, -0.1) is 0 Å². The zero-order valence-corrected chi connectivity index (χ0v) is 13.0. The second kappa shape index (κ2) is 4.93. The van der Waals surface area contributed by atoms with Gasteiger partial charge in [0.1, 0.15) is 0 Å². The number of anilines is 1. The molecule has 1 aromatic rings. The van der Waals surface area contributed by atoms with Gasteiger partial charge in [-0.1, -0.05) is 34.5 Å². The van der Waals surface area contributed by atoms with Crippen molar-refractivity contribution in [2.24, 2.45) is 0 Å². The van der Waals surface area contributed by atoms with Crippen LogP contribution in [0.1, 0.15) is 43.2 Å². The smallest absolute Gasteiger partial charge is 0.237 e. The summed E-state index contributed by atoms with van der Waals surface area (Å²) in [4.78, 5) is 14.7. The van der Waals surface area contributed by atoms with Crippen molar-refractivity contribution >= 4 is 27.5 Å². The van der Waals surface area contributed by atoms with Crippen LogP contribution in [-0.4, -0.2) is 18.3 Å². The van der Waals surface area contributed by atoms with Crippen LogP contribution in [0.25, 0.3) is 0 Å². The number of benzene rings is 1. The summed E-state index contributed by atoms with van der Waals surface area (Å²) < 4.78 is 0. The predicted octanol–water partition coefficient (Wildman–Crippen LogP) is 3.80. The summed E-state index contributed by atoms with van der Waals surface area (Å²) >= 11 is 3.49. The van der Waals surface area contributed by atoms with Crippen molar-refractivity contribution < 1.29 is 4.79 Å². The minimum atomic E-state index is -0.207. The fraction of sp³-hybridized carbons (Fsp3) is 0.562. The van der Waals surface area contributed by atoms with Crippen molar-refractivity contribution in [2.75, 3.05) is 17.3 Å². The summed E-state index contributed by atoms with van der Waals surface area (Å²) in [6.45, 7) is 0. The average molecular weight is 322 g/mol. The van der Waals surface area contributed by atoms with Crippen LogP contribution in [0.4, 0.5) is 5.69 Å². The van der Waals surface area contributed by atoms with Crippen molar-refractivity contribution in [3.8, 4) is 0 Å². The van der Waals surface area contributed by atoms with Gasteiger partial charge in [0.25, 0.3) is 0 Å². The molecule has 0 aromatic heterocycles. The van der Waals surface area contributed by atoms with E-state index in [4.69, 9.17) is 0 Å². The molecule has 0 fully saturated rings. The van der Waals surface area contributed by atoms with Crippen molar-refractivity contribution in [2.45, 2.75) is 43.9 Å². The molecule has 0 N–H and O–H groups in total. The number of aryl methyl sites for hydroxylation is 1. The van der Waals surface area contributed by atoms with Crippen LogP contribution < -0.4 is 4.90 Å². The maximum atomic E-state index is 12.8. The molecule has 1 aromatic carbocycles. The average Bonchev–Trinajstić information content (AvgIpc) is 2.65. The Balaban J connectivity index is 2.05. The number of hydrogen-bond donors (Lipinski definition) is 0. The third kappa shape index (κ3) is 1.85. The van der Waals surface area contributed by atoms with E-state index in [-0.39, 0.29) is 5.41 Å². The largest absolute Gasteiger partial charge is 0.314 e. The number of nitrogens with zero attached hydrogens (tertiary/aromatic N) is 1. The Morgan fingerprint density at radius 1 is 1.37 bits per heavy atom. The van der Waals surface area contributed by atoms with E-state index in [1.165, 1.54) is 11.1 Å². The molecule has 19 heavy (non-hydrogen) atoms. The van der Waals surface area contributed by atoms with Gasteiger partial charge in [0.2, 0.25) is 5.91 Å². The van der Waals surface area contributed by atoms with Crippen molar-refractivity contribution in [1.82, 2.24) is 0 Å². The number of carbonyl (C=O) groups is 1. The van der Waals surface area contributed by atoms with Crippen molar-refractivity contribution in [1.29, 1.82) is 0 Å². The molecule has 1 aliphatic heterocycles. The van der Waals surface area contributed by atoms with Gasteiger partial charge in [0.05, 0.1) is 5.41 Å². The molecule has 0 saturated carbocycles. The lowest BCUT2D eigenvalue weighted by Crippen LogP contribution is -2.40. The van der Waals surface area contributed by atoms with Crippen LogP contribution in [0.5, 0.6) is 0 Å². The molecular formula is C16H20BrNO. The normalized spacial score (nSPS) is 24.7. The lowest BCUT2D eigenvalue weighted by atomic mass is 9.68. The summed E-state index contributed by atoms with van der Waals surface area (Å²) in [5, 5.41) is 1.03. The Hall–Kier alpha value is -0.830. The highest BCUT2D eigenvalue weighted by atomic mass is 79.9. The number of unbranched alkanes of at least 4 members (excludes halogenated alkanes) is 1. The van der Waals surface area contributed by atoms with E-state index < -0.39 is 0 Å². The standard InChI is InChI=1S/C16H20BrNO/c1-18-13-8-4-6-12-7-5-10-16(14(12)13,15(18)19)9-2-3-11-17/h4,6,8H,2-3,5,7,9-11H2,1H3. The summed E-state index contributed by atoms with van der Waals surface area (Å²) in [7, 11) is 1.93. The Morgan fingerprint density at radius 3 is 3.00 bits per heavy atom. The van der Waals surface area contributed by atoms with Crippen LogP contribution >= 0.6 is 15.9 Å². The number of amides is 1. The lowest BCUT2D eigenvalue weighted by molar-refractivity contribution is -0.123. The molecule has 1 aliphatic carbocycles. The first-order chi connectivity index (χ1) is 9.20. The second-order valence-corrected chi connectivity index (χ2v) is 6.55. The molecule has 0 saturated heterocycles. The first kappa shape index (κ1) is 13.2. The quantitative estimate of drug-likeness (QED) is 0.610. The molecule has 102 valence electrons. The van der Waals surface area contributed by atoms with Gasteiger partial charge >= 0.3 is 0 Å². The zero-order valence-electron chi connectivity index (χ0n) is 11.4. The first-order valence-corrected chi connectivity index (χ1v) is 8.29. The highest BCUT2D eigenvalue weighted by Gasteiger charge is 2.51. The Morgan fingerprint density at radius 2 is 2.21 bits per heavy atom. The van der Waals surface area contributed by atoms with E-state index >= 15 is 0 Å². The van der Waals surface area contributed by atoms with Gasteiger partial charge < -0.3 is 4.90 Å². The van der Waals surface area contributed by atoms with E-state index in [0.717, 1.165) is 49.5 Å². The number of halogens is 1. The van der Waals surface area contributed by atoms with Crippen LogP contribution in [-0.2, 0) is 16.6 Å². The fourth-order valence-electron chi connectivity index (χ4n) is 3.86.